The molecule has 1 aliphatic heterocycles. The third kappa shape index (κ3) is 5.35. The highest BCUT2D eigenvalue weighted by Gasteiger charge is 2.31. The molecule has 2 N–H and O–H groups in total. The number of cyclic esters (lactones) is 1. The topological polar surface area (TPSA) is 87.7 Å². The summed E-state index contributed by atoms with van der Waals surface area (Å²) in [6.45, 7) is 5.07. The number of hydrogen-bond acceptors (Lipinski definition) is 4. The van der Waals surface area contributed by atoms with Crippen LogP contribution in [-0.4, -0.2) is 31.1 Å². The van der Waals surface area contributed by atoms with Crippen molar-refractivity contribution >= 4 is 29.3 Å². The van der Waals surface area contributed by atoms with Gasteiger partial charge in [0.1, 0.15) is 6.61 Å². The molecule has 33 heavy (non-hydrogen) atoms. The molecule has 1 saturated heterocycles. The molecule has 3 atom stereocenters. The van der Waals surface area contributed by atoms with Gasteiger partial charge in [0.05, 0.1) is 12.6 Å². The fraction of sp³-hybridized carbons (Fsp3) is 0.423. The molecule has 0 bridgehead atoms. The number of anilines is 2. The lowest BCUT2D eigenvalue weighted by molar-refractivity contribution is -0.137. The molecule has 1 saturated carbocycles. The van der Waals surface area contributed by atoms with Crippen molar-refractivity contribution in [3.05, 3.63) is 59.7 Å². The normalized spacial score (nSPS) is 21.3. The lowest BCUT2D eigenvalue weighted by Gasteiger charge is -2.34. The smallest absolute Gasteiger partial charge is 0.414 e. The minimum Gasteiger partial charge on any atom is -0.447 e. The summed E-state index contributed by atoms with van der Waals surface area (Å²) < 4.78 is 4.98. The summed E-state index contributed by atoms with van der Waals surface area (Å²) in [6, 6.07) is 14.7. The predicted molar refractivity (Wildman–Crippen MR) is 127 cm³/mol. The molecule has 2 fully saturated rings. The highest BCUT2D eigenvalue weighted by atomic mass is 16.6. The van der Waals surface area contributed by atoms with Crippen LogP contribution in [0.3, 0.4) is 0 Å². The first kappa shape index (κ1) is 22.8. The Labute approximate surface area is 194 Å². The van der Waals surface area contributed by atoms with Crippen molar-refractivity contribution in [2.24, 2.45) is 11.8 Å². The fourth-order valence-corrected chi connectivity index (χ4v) is 4.94. The molecule has 2 aliphatic rings. The van der Waals surface area contributed by atoms with E-state index >= 15 is 0 Å². The maximum atomic E-state index is 13.0. The first-order valence-electron chi connectivity index (χ1n) is 11.6. The summed E-state index contributed by atoms with van der Waals surface area (Å²) >= 11 is 0. The Morgan fingerprint density at radius 2 is 1.91 bits per heavy atom. The van der Waals surface area contributed by atoms with Crippen LogP contribution >= 0.6 is 0 Å². The molecule has 174 valence electrons. The number of ether oxygens (including phenoxy) is 1. The number of carbonyl (C=O) groups is 3. The van der Waals surface area contributed by atoms with Gasteiger partial charge in [-0.2, -0.15) is 0 Å². The zero-order chi connectivity index (χ0) is 23.4. The van der Waals surface area contributed by atoms with Crippen LogP contribution in [0.15, 0.2) is 48.5 Å². The van der Waals surface area contributed by atoms with Crippen LogP contribution in [0, 0.1) is 18.8 Å². The molecule has 2 aromatic carbocycles. The number of amides is 3. The SMILES string of the molecule is Cc1ccccc1[C@H](NC(=O)C(=O)Nc1cccc(N2CCOC2=O)c1)[C@H]1CCC[C@@H](C)C1. The van der Waals surface area contributed by atoms with Crippen LogP contribution in [0.2, 0.25) is 0 Å². The minimum atomic E-state index is -0.724. The van der Waals surface area contributed by atoms with Gasteiger partial charge >= 0.3 is 17.9 Å². The highest BCUT2D eigenvalue weighted by molar-refractivity contribution is 6.39. The Bertz CT molecular complexity index is 1040. The third-order valence-electron chi connectivity index (χ3n) is 6.64. The monoisotopic (exact) mass is 449 g/mol. The molecule has 4 rings (SSSR count). The van der Waals surface area contributed by atoms with Crippen molar-refractivity contribution in [2.45, 2.75) is 45.6 Å². The Morgan fingerprint density at radius 1 is 1.09 bits per heavy atom. The van der Waals surface area contributed by atoms with Gasteiger partial charge in [-0.1, -0.05) is 50.1 Å². The van der Waals surface area contributed by atoms with Crippen LogP contribution in [0.1, 0.15) is 49.8 Å². The average molecular weight is 450 g/mol. The zero-order valence-electron chi connectivity index (χ0n) is 19.2. The van der Waals surface area contributed by atoms with E-state index in [-0.39, 0.29) is 12.0 Å². The summed E-state index contributed by atoms with van der Waals surface area (Å²) in [5.74, 6) is -0.497. The summed E-state index contributed by atoms with van der Waals surface area (Å²) in [6.07, 6.45) is 3.96. The van der Waals surface area contributed by atoms with E-state index in [0.717, 1.165) is 30.4 Å². The van der Waals surface area contributed by atoms with Crippen LogP contribution in [0.25, 0.3) is 0 Å². The Morgan fingerprint density at radius 3 is 2.64 bits per heavy atom. The zero-order valence-corrected chi connectivity index (χ0v) is 19.2. The van der Waals surface area contributed by atoms with E-state index in [4.69, 9.17) is 4.74 Å². The summed E-state index contributed by atoms with van der Waals surface area (Å²) in [7, 11) is 0. The largest absolute Gasteiger partial charge is 0.447 e. The van der Waals surface area contributed by atoms with Gasteiger partial charge < -0.3 is 15.4 Å². The van der Waals surface area contributed by atoms with E-state index in [0.29, 0.717) is 30.4 Å². The Hall–Kier alpha value is -3.35. The van der Waals surface area contributed by atoms with Crippen molar-refractivity contribution in [1.82, 2.24) is 5.32 Å². The number of hydrogen-bond donors (Lipinski definition) is 2. The van der Waals surface area contributed by atoms with Gasteiger partial charge in [0.2, 0.25) is 0 Å². The number of carbonyl (C=O) groups excluding carboxylic acids is 3. The van der Waals surface area contributed by atoms with Gasteiger partial charge in [-0.25, -0.2) is 4.79 Å². The van der Waals surface area contributed by atoms with Gasteiger partial charge in [0, 0.05) is 11.4 Å². The molecule has 2 aromatic rings. The van der Waals surface area contributed by atoms with Gasteiger partial charge in [-0.3, -0.25) is 14.5 Å². The van der Waals surface area contributed by atoms with Crippen molar-refractivity contribution in [2.75, 3.05) is 23.4 Å². The van der Waals surface area contributed by atoms with Crippen LogP contribution in [0.5, 0.6) is 0 Å². The van der Waals surface area contributed by atoms with Gasteiger partial charge in [0.15, 0.2) is 0 Å². The lowest BCUT2D eigenvalue weighted by Crippen LogP contribution is -2.41. The van der Waals surface area contributed by atoms with Gasteiger partial charge in [-0.05, 0) is 60.9 Å². The van der Waals surface area contributed by atoms with E-state index in [1.807, 2.05) is 31.2 Å². The molecule has 1 aliphatic carbocycles. The van der Waals surface area contributed by atoms with Crippen LogP contribution < -0.4 is 15.5 Å². The molecule has 0 unspecified atom stereocenters. The molecule has 3 amide bonds. The summed E-state index contributed by atoms with van der Waals surface area (Å²) in [5.41, 5.74) is 3.23. The molecular formula is C26H31N3O4. The van der Waals surface area contributed by atoms with Crippen molar-refractivity contribution in [3.63, 3.8) is 0 Å². The molecule has 0 radical (unpaired) electrons. The van der Waals surface area contributed by atoms with Crippen molar-refractivity contribution in [3.8, 4) is 0 Å². The lowest BCUT2D eigenvalue weighted by atomic mass is 9.76. The average Bonchev–Trinajstić information content (AvgIpc) is 3.24. The highest BCUT2D eigenvalue weighted by Crippen LogP contribution is 2.38. The third-order valence-corrected chi connectivity index (χ3v) is 6.64. The molecule has 0 aromatic heterocycles. The maximum Gasteiger partial charge on any atom is 0.414 e. The number of nitrogens with one attached hydrogen (secondary N) is 2. The van der Waals surface area contributed by atoms with Crippen LogP contribution in [-0.2, 0) is 14.3 Å². The fourth-order valence-electron chi connectivity index (χ4n) is 4.94. The van der Waals surface area contributed by atoms with Crippen molar-refractivity contribution < 1.29 is 19.1 Å². The standard InChI is InChI=1S/C26H31N3O4/c1-17-7-5-9-19(15-17)23(22-12-4-3-8-18(22)2)28-25(31)24(30)27-20-10-6-11-21(16-20)29-13-14-33-26(29)32/h3-4,6,8,10-12,16-17,19,23H,5,7,9,13-15H2,1-2H3,(H,27,30)(H,28,31)/t17-,19+,23-/m1/s1. The number of nitrogens with zero attached hydrogens (tertiary/aromatic N) is 1. The van der Waals surface area contributed by atoms with E-state index in [1.54, 1.807) is 24.3 Å². The quantitative estimate of drug-likeness (QED) is 0.655. The van der Waals surface area contributed by atoms with Crippen LogP contribution in [0.4, 0.5) is 16.2 Å². The Kier molecular flexibility index (Phi) is 6.96. The van der Waals surface area contributed by atoms with Gasteiger partial charge in [0.25, 0.3) is 0 Å². The second-order valence-corrected chi connectivity index (χ2v) is 9.11. The van der Waals surface area contributed by atoms with E-state index < -0.39 is 17.9 Å². The van der Waals surface area contributed by atoms with Crippen molar-refractivity contribution in [1.29, 1.82) is 0 Å². The van der Waals surface area contributed by atoms with E-state index in [1.165, 1.54) is 11.3 Å². The van der Waals surface area contributed by atoms with E-state index in [2.05, 4.69) is 17.6 Å². The summed E-state index contributed by atoms with van der Waals surface area (Å²) in [4.78, 5) is 39.1. The molecular weight excluding hydrogens is 418 g/mol. The number of benzene rings is 2. The van der Waals surface area contributed by atoms with E-state index in [9.17, 15) is 14.4 Å². The first-order valence-corrected chi connectivity index (χ1v) is 11.6. The molecule has 7 heteroatoms. The minimum absolute atomic E-state index is 0.210. The molecule has 1 heterocycles. The second-order valence-electron chi connectivity index (χ2n) is 9.11. The first-order chi connectivity index (χ1) is 15.9. The maximum absolute atomic E-state index is 13.0. The Balaban J connectivity index is 1.48. The number of rotatable bonds is 5. The predicted octanol–water partition coefficient (Wildman–Crippen LogP) is 4.57. The van der Waals surface area contributed by atoms with Gasteiger partial charge in [-0.15, -0.1) is 0 Å². The number of aryl methyl sites for hydroxylation is 1. The molecule has 0 spiro atoms. The second kappa shape index (κ2) is 10.1. The molecule has 7 nitrogen and oxygen atoms in total. The summed E-state index contributed by atoms with van der Waals surface area (Å²) in [5, 5.41) is 5.70.